The maximum Gasteiger partial charge on any atom is 0.251 e. The van der Waals surface area contributed by atoms with Crippen molar-refractivity contribution in [2.24, 2.45) is 0 Å². The highest BCUT2D eigenvalue weighted by Crippen LogP contribution is 2.27. The smallest absolute Gasteiger partial charge is 0.251 e. The molecule has 5 nitrogen and oxygen atoms in total. The number of hydrogen-bond donors (Lipinski definition) is 2. The Balaban J connectivity index is 2.80. The average Bonchev–Trinajstić information content (AvgIpc) is 2.42. The van der Waals surface area contributed by atoms with E-state index in [9.17, 15) is 9.18 Å². The molecule has 6 heteroatoms. The van der Waals surface area contributed by atoms with Crippen LogP contribution in [0.2, 0.25) is 0 Å². The summed E-state index contributed by atoms with van der Waals surface area (Å²) in [5.41, 5.74) is 0.382. The van der Waals surface area contributed by atoms with Gasteiger partial charge in [-0.05, 0) is 18.2 Å². The Labute approximate surface area is 105 Å². The maximum absolute atomic E-state index is 12.0. The van der Waals surface area contributed by atoms with Crippen LogP contribution in [0.3, 0.4) is 0 Å². The van der Waals surface area contributed by atoms with Crippen LogP contribution in [0.25, 0.3) is 0 Å². The molecule has 1 rings (SSSR count). The van der Waals surface area contributed by atoms with Crippen LogP contribution < -0.4 is 14.8 Å². The topological polar surface area (TPSA) is 67.8 Å². The minimum atomic E-state index is -0.595. The van der Waals surface area contributed by atoms with Gasteiger partial charge in [-0.3, -0.25) is 4.79 Å². The van der Waals surface area contributed by atoms with Crippen molar-refractivity contribution in [2.75, 3.05) is 33.5 Å². The number of amides is 1. The van der Waals surface area contributed by atoms with E-state index >= 15 is 0 Å². The molecular weight excluding hydrogens is 241 g/mol. The first-order chi connectivity index (χ1) is 8.72. The maximum atomic E-state index is 12.0. The van der Waals surface area contributed by atoms with Crippen LogP contribution in [0.4, 0.5) is 4.39 Å². The summed E-state index contributed by atoms with van der Waals surface area (Å²) in [4.78, 5) is 11.6. The molecule has 0 aliphatic rings. The van der Waals surface area contributed by atoms with E-state index in [0.717, 1.165) is 0 Å². The largest absolute Gasteiger partial charge is 0.493 e. The highest BCUT2D eigenvalue weighted by Gasteiger charge is 2.10. The zero-order valence-electron chi connectivity index (χ0n) is 10.1. The lowest BCUT2D eigenvalue weighted by Gasteiger charge is -2.11. The second-order valence-corrected chi connectivity index (χ2v) is 3.38. The second kappa shape index (κ2) is 7.50. The molecule has 0 heterocycles. The zero-order chi connectivity index (χ0) is 13.4. The van der Waals surface area contributed by atoms with E-state index in [2.05, 4.69) is 5.32 Å². The molecule has 1 aromatic carbocycles. The van der Waals surface area contributed by atoms with Gasteiger partial charge in [0.1, 0.15) is 13.3 Å². The number of methoxy groups -OCH3 is 1. The number of carbonyl (C=O) groups is 1. The Morgan fingerprint density at radius 2 is 2.22 bits per heavy atom. The van der Waals surface area contributed by atoms with Crippen LogP contribution in [0, 0.1) is 0 Å². The first kappa shape index (κ1) is 14.2. The van der Waals surface area contributed by atoms with Crippen LogP contribution in [-0.2, 0) is 0 Å². The fourth-order valence-electron chi connectivity index (χ4n) is 1.35. The Kier molecular flexibility index (Phi) is 5.93. The van der Waals surface area contributed by atoms with Gasteiger partial charge in [0, 0.05) is 12.1 Å². The van der Waals surface area contributed by atoms with Crippen LogP contribution in [0.15, 0.2) is 18.2 Å². The minimum absolute atomic E-state index is 0.0631. The Bertz CT molecular complexity index is 398. The monoisotopic (exact) mass is 257 g/mol. The van der Waals surface area contributed by atoms with E-state index in [-0.39, 0.29) is 25.7 Å². The van der Waals surface area contributed by atoms with Gasteiger partial charge in [0.15, 0.2) is 11.5 Å². The average molecular weight is 257 g/mol. The molecule has 0 bridgehead atoms. The zero-order valence-corrected chi connectivity index (χ0v) is 10.1. The van der Waals surface area contributed by atoms with E-state index in [0.29, 0.717) is 17.1 Å². The summed E-state index contributed by atoms with van der Waals surface area (Å²) in [6, 6.07) is 4.59. The number of rotatable bonds is 7. The van der Waals surface area contributed by atoms with Crippen molar-refractivity contribution in [3.05, 3.63) is 23.8 Å². The van der Waals surface area contributed by atoms with Gasteiger partial charge in [0.05, 0.1) is 13.7 Å². The molecule has 0 aliphatic heterocycles. The third-order valence-electron chi connectivity index (χ3n) is 2.16. The fourth-order valence-corrected chi connectivity index (χ4v) is 1.35. The Morgan fingerprint density at radius 1 is 1.44 bits per heavy atom. The highest BCUT2D eigenvalue weighted by atomic mass is 19.1. The van der Waals surface area contributed by atoms with Crippen molar-refractivity contribution in [3.63, 3.8) is 0 Å². The SMILES string of the molecule is COc1cc(C(=O)NCCO)ccc1OCCF. The molecule has 0 saturated heterocycles. The highest BCUT2D eigenvalue weighted by molar-refractivity contribution is 5.94. The molecule has 0 radical (unpaired) electrons. The summed E-state index contributed by atoms with van der Waals surface area (Å²) in [6.45, 7) is -0.601. The van der Waals surface area contributed by atoms with Crippen molar-refractivity contribution >= 4 is 5.91 Å². The molecule has 0 fully saturated rings. The van der Waals surface area contributed by atoms with E-state index in [1.54, 1.807) is 12.1 Å². The van der Waals surface area contributed by atoms with E-state index in [4.69, 9.17) is 14.6 Å². The molecule has 0 spiro atoms. The molecule has 0 aliphatic carbocycles. The normalized spacial score (nSPS) is 9.94. The number of aliphatic hydroxyl groups excluding tert-OH is 1. The van der Waals surface area contributed by atoms with Crippen molar-refractivity contribution in [3.8, 4) is 11.5 Å². The first-order valence-corrected chi connectivity index (χ1v) is 5.48. The van der Waals surface area contributed by atoms with Gasteiger partial charge >= 0.3 is 0 Å². The third kappa shape index (κ3) is 3.89. The third-order valence-corrected chi connectivity index (χ3v) is 2.16. The number of carbonyl (C=O) groups excluding carboxylic acids is 1. The Hall–Kier alpha value is -1.82. The van der Waals surface area contributed by atoms with Crippen molar-refractivity contribution < 1.29 is 23.8 Å². The molecule has 1 aromatic rings. The number of benzene rings is 1. The van der Waals surface area contributed by atoms with Crippen LogP contribution in [0.1, 0.15) is 10.4 Å². The lowest BCUT2D eigenvalue weighted by Crippen LogP contribution is -2.26. The van der Waals surface area contributed by atoms with Crippen molar-refractivity contribution in [1.29, 1.82) is 0 Å². The molecule has 0 saturated carbocycles. The summed E-state index contributed by atoms with van der Waals surface area (Å²) < 4.78 is 22.2. The summed E-state index contributed by atoms with van der Waals surface area (Å²) in [6.07, 6.45) is 0. The number of ether oxygens (including phenoxy) is 2. The molecule has 2 N–H and O–H groups in total. The molecule has 1 amide bonds. The number of alkyl halides is 1. The van der Waals surface area contributed by atoms with Crippen molar-refractivity contribution in [1.82, 2.24) is 5.32 Å². The fraction of sp³-hybridized carbons (Fsp3) is 0.417. The van der Waals surface area contributed by atoms with Gasteiger partial charge in [-0.1, -0.05) is 0 Å². The lowest BCUT2D eigenvalue weighted by molar-refractivity contribution is 0.0944. The Morgan fingerprint density at radius 3 is 2.83 bits per heavy atom. The summed E-state index contributed by atoms with van der Waals surface area (Å²) in [7, 11) is 1.44. The number of halogens is 1. The van der Waals surface area contributed by atoms with Gasteiger partial charge in [0.2, 0.25) is 0 Å². The van der Waals surface area contributed by atoms with E-state index < -0.39 is 6.67 Å². The van der Waals surface area contributed by atoms with Crippen molar-refractivity contribution in [2.45, 2.75) is 0 Å². The number of aliphatic hydroxyl groups is 1. The van der Waals surface area contributed by atoms with Gasteiger partial charge in [0.25, 0.3) is 5.91 Å². The van der Waals surface area contributed by atoms with E-state index in [1.165, 1.54) is 13.2 Å². The predicted molar refractivity (Wildman–Crippen MR) is 63.9 cm³/mol. The predicted octanol–water partition coefficient (Wildman–Crippen LogP) is 0.766. The molecular formula is C12H16FNO4. The van der Waals surface area contributed by atoms with Gasteiger partial charge in [-0.15, -0.1) is 0 Å². The summed E-state index contributed by atoms with van der Waals surface area (Å²) >= 11 is 0. The summed E-state index contributed by atoms with van der Waals surface area (Å²) in [5.74, 6) is 0.424. The van der Waals surface area contributed by atoms with E-state index in [1.807, 2.05) is 0 Å². The molecule has 18 heavy (non-hydrogen) atoms. The number of nitrogens with one attached hydrogen (secondary N) is 1. The van der Waals surface area contributed by atoms with Crippen LogP contribution in [-0.4, -0.2) is 44.6 Å². The summed E-state index contributed by atoms with van der Waals surface area (Å²) in [5, 5.41) is 11.1. The van der Waals surface area contributed by atoms with Crippen LogP contribution >= 0.6 is 0 Å². The van der Waals surface area contributed by atoms with Crippen LogP contribution in [0.5, 0.6) is 11.5 Å². The minimum Gasteiger partial charge on any atom is -0.493 e. The quantitative estimate of drug-likeness (QED) is 0.757. The first-order valence-electron chi connectivity index (χ1n) is 5.48. The molecule has 100 valence electrons. The van der Waals surface area contributed by atoms with Gasteiger partial charge < -0.3 is 19.9 Å². The molecule has 0 unspecified atom stereocenters. The molecule has 0 aromatic heterocycles. The second-order valence-electron chi connectivity index (χ2n) is 3.38. The van der Waals surface area contributed by atoms with Gasteiger partial charge in [-0.25, -0.2) is 4.39 Å². The molecule has 0 atom stereocenters. The lowest BCUT2D eigenvalue weighted by atomic mass is 10.2. The number of hydrogen-bond acceptors (Lipinski definition) is 4. The van der Waals surface area contributed by atoms with Gasteiger partial charge in [-0.2, -0.15) is 0 Å². The standard InChI is InChI=1S/C12H16FNO4/c1-17-11-8-9(12(16)14-5-6-15)2-3-10(11)18-7-4-13/h2-3,8,15H,4-7H2,1H3,(H,14,16).